The Balaban J connectivity index is 1.76. The molecule has 0 aliphatic rings. The fourth-order valence-electron chi connectivity index (χ4n) is 4.99. The summed E-state index contributed by atoms with van der Waals surface area (Å²) in [4.78, 5) is 7.18. The summed E-state index contributed by atoms with van der Waals surface area (Å²) in [5.74, 6) is 0. The number of benzene rings is 4. The molecule has 6 rings (SSSR count). The van der Waals surface area contributed by atoms with Gasteiger partial charge in [-0.15, -0.1) is 4.95 Å². The van der Waals surface area contributed by atoms with E-state index in [2.05, 4.69) is 15.0 Å². The van der Waals surface area contributed by atoms with Gasteiger partial charge in [0.2, 0.25) is 6.19 Å². The molecule has 0 aliphatic heterocycles. The Labute approximate surface area is 202 Å². The third kappa shape index (κ3) is 3.14. The summed E-state index contributed by atoms with van der Waals surface area (Å²) in [6.07, 6.45) is -2.79. The van der Waals surface area contributed by atoms with Crippen LogP contribution in [0.2, 0.25) is 0 Å². The van der Waals surface area contributed by atoms with Crippen LogP contribution >= 0.6 is 0 Å². The summed E-state index contributed by atoms with van der Waals surface area (Å²) in [6, 6.07) is 22.9. The van der Waals surface area contributed by atoms with Gasteiger partial charge in [0.25, 0.3) is 0 Å². The minimum absolute atomic E-state index is 0.203. The van der Waals surface area contributed by atoms with Crippen LogP contribution in [0, 0.1) is 18.0 Å². The van der Waals surface area contributed by atoms with E-state index in [1.165, 1.54) is 6.07 Å². The lowest BCUT2D eigenvalue weighted by molar-refractivity contribution is -0.137. The number of halogens is 3. The van der Waals surface area contributed by atoms with Gasteiger partial charge in [-0.05, 0) is 63.0 Å². The molecule has 0 heterocycles. The molecular formula is C29H13F3N4. The molecule has 36 heavy (non-hydrogen) atoms. The first-order valence-corrected chi connectivity index (χ1v) is 10.9. The van der Waals surface area contributed by atoms with Crippen molar-refractivity contribution in [2.75, 3.05) is 0 Å². The van der Waals surface area contributed by atoms with Crippen LogP contribution in [0.15, 0.2) is 89.0 Å². The van der Waals surface area contributed by atoms with Gasteiger partial charge in [0.05, 0.1) is 16.0 Å². The SMILES string of the molecule is [C-]#[N+]/N=c1/c2cc(-c3ccccc3)ccc2c2cc3c(=NC#N)c4cc(C(F)(F)F)ccc4c3cc12. The number of nitriles is 1. The highest BCUT2D eigenvalue weighted by atomic mass is 19.4. The molecule has 0 amide bonds. The molecule has 6 aromatic carbocycles. The highest BCUT2D eigenvalue weighted by Crippen LogP contribution is 2.36. The largest absolute Gasteiger partial charge is 0.416 e. The maximum atomic E-state index is 13.4. The van der Waals surface area contributed by atoms with Crippen LogP contribution in [0.3, 0.4) is 0 Å². The maximum absolute atomic E-state index is 13.4. The molecule has 0 atom stereocenters. The minimum Gasteiger partial charge on any atom is -0.181 e. The number of alkyl halides is 3. The van der Waals surface area contributed by atoms with E-state index < -0.39 is 11.7 Å². The quantitative estimate of drug-likeness (QED) is 0.144. The summed E-state index contributed by atoms with van der Waals surface area (Å²) in [7, 11) is 0. The van der Waals surface area contributed by atoms with Gasteiger partial charge in [0.1, 0.15) is 0 Å². The van der Waals surface area contributed by atoms with Crippen molar-refractivity contribution >= 4 is 43.1 Å². The molecule has 0 unspecified atom stereocenters. The molecule has 0 N–H and O–H groups in total. The van der Waals surface area contributed by atoms with Crippen LogP contribution in [0.5, 0.6) is 0 Å². The summed E-state index contributed by atoms with van der Waals surface area (Å²) in [5, 5.41) is 19.3. The van der Waals surface area contributed by atoms with E-state index >= 15 is 0 Å². The van der Waals surface area contributed by atoms with Gasteiger partial charge in [0, 0.05) is 21.5 Å². The molecule has 0 bridgehead atoms. The van der Waals surface area contributed by atoms with Crippen molar-refractivity contribution in [1.82, 2.24) is 0 Å². The first kappa shape index (κ1) is 21.5. The van der Waals surface area contributed by atoms with E-state index in [1.54, 1.807) is 6.19 Å². The predicted octanol–water partition coefficient (Wildman–Crippen LogP) is 6.98. The smallest absolute Gasteiger partial charge is 0.181 e. The average molecular weight is 474 g/mol. The normalized spacial score (nSPS) is 13.1. The van der Waals surface area contributed by atoms with E-state index in [9.17, 15) is 18.4 Å². The van der Waals surface area contributed by atoms with Gasteiger partial charge in [-0.25, -0.2) is 0 Å². The standard InChI is InChI=1S/C29H13F3N4/c1-34-36-28-23-11-17(16-5-3-2-4-6-16)7-9-19(23)22-13-25-21(14-26(22)28)20-10-8-18(29(30,31)32)12-24(20)27(25)35-15-33/h2-14H/b35-27?,36-28-. The van der Waals surface area contributed by atoms with Crippen LogP contribution < -0.4 is 10.7 Å². The van der Waals surface area contributed by atoms with E-state index in [0.29, 0.717) is 26.9 Å². The molecule has 7 heteroatoms. The molecule has 0 fully saturated rings. The molecule has 0 aliphatic carbocycles. The molecule has 6 aromatic rings. The highest BCUT2D eigenvalue weighted by molar-refractivity contribution is 6.21. The van der Waals surface area contributed by atoms with Crippen LogP contribution in [-0.2, 0) is 6.18 Å². The van der Waals surface area contributed by atoms with Gasteiger partial charge in [0.15, 0.2) is 5.36 Å². The monoisotopic (exact) mass is 474 g/mol. The second-order valence-electron chi connectivity index (χ2n) is 8.44. The van der Waals surface area contributed by atoms with Crippen LogP contribution in [0.25, 0.3) is 59.2 Å². The first-order chi connectivity index (χ1) is 17.4. The van der Waals surface area contributed by atoms with E-state index in [4.69, 9.17) is 6.57 Å². The van der Waals surface area contributed by atoms with Crippen molar-refractivity contribution in [3.63, 3.8) is 0 Å². The van der Waals surface area contributed by atoms with Crippen LogP contribution in [-0.4, -0.2) is 0 Å². The van der Waals surface area contributed by atoms with Crippen molar-refractivity contribution in [2.45, 2.75) is 6.18 Å². The summed E-state index contributed by atoms with van der Waals surface area (Å²) < 4.78 is 40.2. The van der Waals surface area contributed by atoms with Gasteiger partial charge < -0.3 is 0 Å². The number of rotatable bonds is 1. The third-order valence-corrected chi connectivity index (χ3v) is 6.54. The zero-order valence-corrected chi connectivity index (χ0v) is 18.4. The average Bonchev–Trinajstić information content (AvgIpc) is 3.35. The Morgan fingerprint density at radius 1 is 0.667 bits per heavy atom. The second-order valence-corrected chi connectivity index (χ2v) is 8.44. The number of hydrogen-bond donors (Lipinski definition) is 0. The summed E-state index contributed by atoms with van der Waals surface area (Å²) in [5.41, 5.74) is 1.20. The summed E-state index contributed by atoms with van der Waals surface area (Å²) in [6.45, 7) is 7.38. The number of fused-ring (bicyclic) bond motifs is 6. The van der Waals surface area contributed by atoms with Crippen molar-refractivity contribution in [3.05, 3.63) is 107 Å². The lowest BCUT2D eigenvalue weighted by Crippen LogP contribution is -2.06. The van der Waals surface area contributed by atoms with E-state index in [0.717, 1.165) is 39.4 Å². The van der Waals surface area contributed by atoms with Gasteiger partial charge in [-0.2, -0.15) is 30.0 Å². The van der Waals surface area contributed by atoms with E-state index in [1.807, 2.05) is 60.7 Å². The number of nitrogens with zero attached hydrogens (tertiary/aromatic N) is 4. The van der Waals surface area contributed by atoms with E-state index in [-0.39, 0.29) is 10.7 Å². The minimum atomic E-state index is -4.52. The zero-order valence-electron chi connectivity index (χ0n) is 18.4. The highest BCUT2D eigenvalue weighted by Gasteiger charge is 2.31. The Bertz CT molecular complexity index is 2050. The Morgan fingerprint density at radius 2 is 1.28 bits per heavy atom. The summed E-state index contributed by atoms with van der Waals surface area (Å²) >= 11 is 0. The number of hydrogen-bond acceptors (Lipinski definition) is 3. The van der Waals surface area contributed by atoms with Gasteiger partial charge >= 0.3 is 6.18 Å². The van der Waals surface area contributed by atoms with Gasteiger partial charge in [-0.3, -0.25) is 0 Å². The molecular weight excluding hydrogens is 461 g/mol. The van der Waals surface area contributed by atoms with Gasteiger partial charge in [-0.1, -0.05) is 48.5 Å². The fourth-order valence-corrected chi connectivity index (χ4v) is 4.99. The van der Waals surface area contributed by atoms with Crippen molar-refractivity contribution in [3.8, 4) is 17.3 Å². The molecule has 4 nitrogen and oxygen atoms in total. The molecule has 0 saturated heterocycles. The second kappa shape index (κ2) is 7.76. The molecule has 0 saturated carbocycles. The molecule has 170 valence electrons. The van der Waals surface area contributed by atoms with Crippen LogP contribution in [0.1, 0.15) is 5.56 Å². The third-order valence-electron chi connectivity index (χ3n) is 6.54. The van der Waals surface area contributed by atoms with Crippen LogP contribution in [0.4, 0.5) is 13.2 Å². The fraction of sp³-hybridized carbons (Fsp3) is 0.0345. The Hall–Kier alpha value is -5.01. The maximum Gasteiger partial charge on any atom is 0.416 e. The van der Waals surface area contributed by atoms with Crippen molar-refractivity contribution < 1.29 is 13.2 Å². The molecule has 0 radical (unpaired) electrons. The zero-order chi connectivity index (χ0) is 25.0. The first-order valence-electron chi connectivity index (χ1n) is 10.9. The topological polar surface area (TPSA) is 52.9 Å². The Morgan fingerprint density at radius 3 is 1.92 bits per heavy atom. The molecule has 0 spiro atoms. The Kier molecular flexibility index (Phi) is 4.64. The van der Waals surface area contributed by atoms with Crippen molar-refractivity contribution in [1.29, 1.82) is 5.26 Å². The van der Waals surface area contributed by atoms with Crippen molar-refractivity contribution in [2.24, 2.45) is 10.1 Å². The molecule has 0 aromatic heterocycles. The lowest BCUT2D eigenvalue weighted by atomic mass is 10.0. The lowest BCUT2D eigenvalue weighted by Gasteiger charge is -2.06. The predicted molar refractivity (Wildman–Crippen MR) is 133 cm³/mol.